The third-order valence-electron chi connectivity index (χ3n) is 3.48. The van der Waals surface area contributed by atoms with E-state index < -0.39 is 0 Å². The van der Waals surface area contributed by atoms with Gasteiger partial charge in [-0.15, -0.1) is 0 Å². The summed E-state index contributed by atoms with van der Waals surface area (Å²) in [5.74, 6) is 0. The molecule has 0 bridgehead atoms. The van der Waals surface area contributed by atoms with Gasteiger partial charge in [0.2, 0.25) is 0 Å². The molecule has 0 N–H and O–H groups in total. The number of hydrogen-bond acceptors (Lipinski definition) is 0. The summed E-state index contributed by atoms with van der Waals surface area (Å²) < 4.78 is 0. The van der Waals surface area contributed by atoms with Crippen LogP contribution in [0.2, 0.25) is 0 Å². The normalized spacial score (nSPS) is 15.0. The van der Waals surface area contributed by atoms with E-state index in [0.29, 0.717) is 0 Å². The molecule has 0 amide bonds. The van der Waals surface area contributed by atoms with Gasteiger partial charge in [0.25, 0.3) is 0 Å². The SMILES string of the molecule is CCC1=[C-]C(CC)=CC1.CCC1=[C-]C(CC)=CC1.[Cl-].[Cl-].[Hf+4]. The quantitative estimate of drug-likeness (QED) is 0.376. The van der Waals surface area contributed by atoms with Crippen molar-refractivity contribution in [2.45, 2.75) is 66.2 Å². The Labute approximate surface area is 162 Å². The molecule has 0 saturated heterocycles. The first-order valence-corrected chi connectivity index (χ1v) is 7.34. The molecule has 0 aromatic rings. The monoisotopic (exact) mass is 492 g/mol. The molecule has 0 aliphatic heterocycles. The van der Waals surface area contributed by atoms with Crippen molar-refractivity contribution < 1.29 is 50.7 Å². The number of rotatable bonds is 4. The van der Waals surface area contributed by atoms with Crippen molar-refractivity contribution in [3.63, 3.8) is 0 Å². The second-order valence-corrected chi connectivity index (χ2v) is 4.74. The van der Waals surface area contributed by atoms with Gasteiger partial charge in [-0.1, -0.05) is 66.2 Å². The van der Waals surface area contributed by atoms with Crippen molar-refractivity contribution in [3.05, 3.63) is 46.6 Å². The molecule has 0 radical (unpaired) electrons. The van der Waals surface area contributed by atoms with E-state index in [1.54, 1.807) is 0 Å². The summed E-state index contributed by atoms with van der Waals surface area (Å²) >= 11 is 0. The molecule has 0 spiro atoms. The summed E-state index contributed by atoms with van der Waals surface area (Å²) in [6.45, 7) is 8.73. The van der Waals surface area contributed by atoms with E-state index in [2.05, 4.69) is 52.0 Å². The molecule has 0 aromatic heterocycles. The van der Waals surface area contributed by atoms with Gasteiger partial charge in [-0.2, -0.15) is 11.1 Å². The Hall–Kier alpha value is 0.410. The van der Waals surface area contributed by atoms with Gasteiger partial charge in [-0.05, 0) is 0 Å². The summed E-state index contributed by atoms with van der Waals surface area (Å²) in [5.41, 5.74) is 5.72. The van der Waals surface area contributed by atoms with Crippen LogP contribution in [0.4, 0.5) is 0 Å². The maximum absolute atomic E-state index is 3.37. The Morgan fingerprint density at radius 1 is 0.714 bits per heavy atom. The van der Waals surface area contributed by atoms with Crippen LogP contribution in [0.15, 0.2) is 34.4 Å². The molecule has 0 nitrogen and oxygen atoms in total. The van der Waals surface area contributed by atoms with Gasteiger partial charge in [0.1, 0.15) is 0 Å². The molecule has 116 valence electrons. The second kappa shape index (κ2) is 15.3. The zero-order valence-corrected chi connectivity index (χ0v) is 18.8. The van der Waals surface area contributed by atoms with E-state index in [4.69, 9.17) is 0 Å². The first-order chi connectivity index (χ1) is 8.73. The molecule has 2 aliphatic carbocycles. The molecule has 0 saturated carbocycles. The van der Waals surface area contributed by atoms with Crippen LogP contribution >= 0.6 is 0 Å². The fourth-order valence-corrected chi connectivity index (χ4v) is 2.08. The largest absolute Gasteiger partial charge is 4.00 e. The van der Waals surface area contributed by atoms with E-state index in [1.807, 2.05) is 0 Å². The van der Waals surface area contributed by atoms with Gasteiger partial charge < -0.3 is 24.8 Å². The zero-order valence-electron chi connectivity index (χ0n) is 13.7. The van der Waals surface area contributed by atoms with Crippen LogP contribution in [0.25, 0.3) is 0 Å². The minimum absolute atomic E-state index is 0. The average molecular weight is 492 g/mol. The average Bonchev–Trinajstić information content (AvgIpc) is 3.07. The van der Waals surface area contributed by atoms with Gasteiger partial charge in [0, 0.05) is 0 Å². The summed E-state index contributed by atoms with van der Waals surface area (Å²) in [6, 6.07) is 0. The molecular weight excluding hydrogens is 466 g/mol. The standard InChI is InChI=1S/2C9H13.2ClH.Hf/c2*1-3-8-5-6-9(4-2)7-8;;;/h2*5H,3-4,6H2,1-2H3;2*1H;/q2*-1;;;+4/p-2. The summed E-state index contributed by atoms with van der Waals surface area (Å²) in [4.78, 5) is 0. The van der Waals surface area contributed by atoms with E-state index in [1.165, 1.54) is 35.1 Å². The third-order valence-corrected chi connectivity index (χ3v) is 3.48. The molecular formula is C18H26Cl2Hf. The third kappa shape index (κ3) is 9.92. The van der Waals surface area contributed by atoms with E-state index >= 15 is 0 Å². The van der Waals surface area contributed by atoms with Crippen molar-refractivity contribution in [2.75, 3.05) is 0 Å². The molecule has 0 fully saturated rings. The van der Waals surface area contributed by atoms with E-state index in [9.17, 15) is 0 Å². The Morgan fingerprint density at radius 3 is 1.19 bits per heavy atom. The fourth-order valence-electron chi connectivity index (χ4n) is 2.08. The van der Waals surface area contributed by atoms with Gasteiger partial charge in [-0.3, -0.25) is 0 Å². The van der Waals surface area contributed by atoms with Crippen LogP contribution in [-0.4, -0.2) is 0 Å². The van der Waals surface area contributed by atoms with Crippen LogP contribution in [0.3, 0.4) is 0 Å². The van der Waals surface area contributed by atoms with Gasteiger partial charge in [-0.25, -0.2) is 35.5 Å². The topological polar surface area (TPSA) is 0 Å². The van der Waals surface area contributed by atoms with Crippen LogP contribution in [0.1, 0.15) is 66.2 Å². The van der Waals surface area contributed by atoms with Gasteiger partial charge in [0.15, 0.2) is 0 Å². The van der Waals surface area contributed by atoms with Gasteiger partial charge in [0.05, 0.1) is 0 Å². The second-order valence-electron chi connectivity index (χ2n) is 4.74. The van der Waals surface area contributed by atoms with Crippen molar-refractivity contribution in [1.29, 1.82) is 0 Å². The van der Waals surface area contributed by atoms with Gasteiger partial charge >= 0.3 is 25.8 Å². The van der Waals surface area contributed by atoms with E-state index in [-0.39, 0.29) is 50.7 Å². The van der Waals surface area contributed by atoms with Crippen molar-refractivity contribution in [1.82, 2.24) is 0 Å². The van der Waals surface area contributed by atoms with Crippen LogP contribution in [0.5, 0.6) is 0 Å². The number of halogens is 2. The van der Waals surface area contributed by atoms with Crippen LogP contribution < -0.4 is 24.8 Å². The summed E-state index contributed by atoms with van der Waals surface area (Å²) in [6.07, 6.45) is 18.2. The smallest absolute Gasteiger partial charge is 1.00 e. The maximum atomic E-state index is 3.37. The molecule has 2 rings (SSSR count). The van der Waals surface area contributed by atoms with Crippen LogP contribution in [-0.2, 0) is 25.8 Å². The predicted octanol–water partition coefficient (Wildman–Crippen LogP) is -0.262. The molecule has 0 heterocycles. The minimum Gasteiger partial charge on any atom is -1.00 e. The first kappa shape index (κ1) is 26.3. The Kier molecular flexibility index (Phi) is 19.2. The molecule has 2 aliphatic rings. The number of hydrogen-bond donors (Lipinski definition) is 0. The first-order valence-electron chi connectivity index (χ1n) is 7.34. The van der Waals surface area contributed by atoms with Crippen LogP contribution in [0, 0.1) is 12.2 Å². The zero-order chi connectivity index (χ0) is 13.4. The summed E-state index contributed by atoms with van der Waals surface area (Å²) in [7, 11) is 0. The van der Waals surface area contributed by atoms with Crippen molar-refractivity contribution in [3.8, 4) is 0 Å². The minimum atomic E-state index is 0. The Bertz CT molecular complexity index is 352. The Morgan fingerprint density at radius 2 is 1.05 bits per heavy atom. The summed E-state index contributed by atoms with van der Waals surface area (Å²) in [5, 5.41) is 0. The van der Waals surface area contributed by atoms with Crippen molar-refractivity contribution >= 4 is 0 Å². The van der Waals surface area contributed by atoms with Crippen molar-refractivity contribution in [2.24, 2.45) is 0 Å². The predicted molar refractivity (Wildman–Crippen MR) is 80.1 cm³/mol. The number of allylic oxidation sites excluding steroid dienone is 8. The molecule has 0 atom stereocenters. The Balaban J connectivity index is -0.000000270. The maximum Gasteiger partial charge on any atom is 4.00 e. The molecule has 21 heavy (non-hydrogen) atoms. The van der Waals surface area contributed by atoms with E-state index in [0.717, 1.165) is 25.7 Å². The molecule has 3 heteroatoms. The molecule has 0 aromatic carbocycles. The fraction of sp³-hybridized carbons (Fsp3) is 0.556. The molecule has 0 unspecified atom stereocenters.